The second-order valence-electron chi connectivity index (χ2n) is 8.36. The molecule has 1 aliphatic rings. The lowest BCUT2D eigenvalue weighted by Crippen LogP contribution is -2.19. The quantitative estimate of drug-likeness (QED) is 0.462. The van der Waals surface area contributed by atoms with Gasteiger partial charge in [0.25, 0.3) is 5.91 Å². The van der Waals surface area contributed by atoms with Crippen molar-refractivity contribution in [1.29, 1.82) is 0 Å². The Labute approximate surface area is 198 Å². The molecule has 0 spiro atoms. The van der Waals surface area contributed by atoms with Crippen molar-refractivity contribution in [3.05, 3.63) is 78.2 Å². The summed E-state index contributed by atoms with van der Waals surface area (Å²) in [6.07, 6.45) is 7.59. The van der Waals surface area contributed by atoms with Gasteiger partial charge in [0.1, 0.15) is 11.4 Å². The van der Waals surface area contributed by atoms with Crippen LogP contribution < -0.4 is 15.0 Å². The van der Waals surface area contributed by atoms with Crippen LogP contribution in [0.5, 0.6) is 5.75 Å². The molecule has 1 N–H and O–H groups in total. The van der Waals surface area contributed by atoms with Crippen LogP contribution >= 0.6 is 0 Å². The van der Waals surface area contributed by atoms with Crippen LogP contribution in [0, 0.1) is 6.92 Å². The van der Waals surface area contributed by atoms with Gasteiger partial charge in [0.2, 0.25) is 0 Å². The molecule has 34 heavy (non-hydrogen) atoms. The molecule has 0 atom stereocenters. The number of rotatable bonds is 6. The maximum atomic E-state index is 13.0. The number of hydrogen-bond acceptors (Lipinski definition) is 6. The van der Waals surface area contributed by atoms with Crippen molar-refractivity contribution in [2.24, 2.45) is 0 Å². The summed E-state index contributed by atoms with van der Waals surface area (Å²) in [5.41, 5.74) is 5.76. The molecule has 8 nitrogen and oxygen atoms in total. The van der Waals surface area contributed by atoms with Crippen LogP contribution in [-0.2, 0) is 0 Å². The number of ether oxygens (including phenoxy) is 1. The lowest BCUT2D eigenvalue weighted by Gasteiger charge is -2.18. The van der Waals surface area contributed by atoms with Crippen LogP contribution in [0.15, 0.2) is 67.1 Å². The SMILES string of the molecule is COc1cncc(-c2cn(-c3cc(NC(=O)c4cccc(N5CCCC5)c4)ccc3C)nn2)c1. The van der Waals surface area contributed by atoms with E-state index in [9.17, 15) is 4.79 Å². The highest BCUT2D eigenvalue weighted by Crippen LogP contribution is 2.25. The summed E-state index contributed by atoms with van der Waals surface area (Å²) in [5, 5.41) is 11.6. The first kappa shape index (κ1) is 21.6. The standard InChI is InChI=1S/C26H26N6O2/c1-18-8-9-21(28-26(33)19-6-5-7-22(12-19)31-10-3-4-11-31)14-25(18)32-17-24(29-30-32)20-13-23(34-2)16-27-15-20/h5-9,12-17H,3-4,10-11H2,1-2H3,(H,28,33). The molecule has 0 unspecified atom stereocenters. The van der Waals surface area contributed by atoms with Crippen molar-refractivity contribution < 1.29 is 9.53 Å². The van der Waals surface area contributed by atoms with Crippen molar-refractivity contribution >= 4 is 17.3 Å². The molecule has 2 aromatic heterocycles. The van der Waals surface area contributed by atoms with E-state index in [1.54, 1.807) is 24.2 Å². The lowest BCUT2D eigenvalue weighted by molar-refractivity contribution is 0.102. The Morgan fingerprint density at radius 2 is 1.91 bits per heavy atom. The molecule has 1 fully saturated rings. The Hall–Kier alpha value is -4.20. The van der Waals surface area contributed by atoms with Gasteiger partial charge in [0.05, 0.1) is 25.2 Å². The average molecular weight is 455 g/mol. The highest BCUT2D eigenvalue weighted by atomic mass is 16.5. The molecule has 0 aliphatic carbocycles. The van der Waals surface area contributed by atoms with Crippen LogP contribution in [-0.4, -0.2) is 46.1 Å². The number of carbonyl (C=O) groups excluding carboxylic acids is 1. The summed E-state index contributed by atoms with van der Waals surface area (Å²) in [5.74, 6) is 0.513. The van der Waals surface area contributed by atoms with E-state index >= 15 is 0 Å². The highest BCUT2D eigenvalue weighted by Gasteiger charge is 2.15. The number of amides is 1. The molecule has 172 valence electrons. The van der Waals surface area contributed by atoms with Crippen molar-refractivity contribution in [2.45, 2.75) is 19.8 Å². The van der Waals surface area contributed by atoms with E-state index in [4.69, 9.17) is 4.74 Å². The predicted molar refractivity (Wildman–Crippen MR) is 132 cm³/mol. The Bertz CT molecular complexity index is 1330. The molecule has 1 amide bonds. The normalized spacial score (nSPS) is 13.2. The summed E-state index contributed by atoms with van der Waals surface area (Å²) >= 11 is 0. The number of nitrogens with one attached hydrogen (secondary N) is 1. The molecule has 3 heterocycles. The fourth-order valence-corrected chi connectivity index (χ4v) is 4.14. The van der Waals surface area contributed by atoms with Gasteiger partial charge < -0.3 is 15.0 Å². The molecule has 0 saturated carbocycles. The Balaban J connectivity index is 1.37. The van der Waals surface area contributed by atoms with E-state index in [-0.39, 0.29) is 5.91 Å². The molecule has 2 aromatic carbocycles. The zero-order valence-corrected chi connectivity index (χ0v) is 19.2. The van der Waals surface area contributed by atoms with E-state index in [1.165, 1.54) is 12.8 Å². The number of methoxy groups -OCH3 is 1. The minimum atomic E-state index is -0.141. The van der Waals surface area contributed by atoms with Gasteiger partial charge in [-0.2, -0.15) is 0 Å². The average Bonchev–Trinajstić information content (AvgIpc) is 3.58. The molecule has 0 bridgehead atoms. The fourth-order valence-electron chi connectivity index (χ4n) is 4.14. The van der Waals surface area contributed by atoms with Gasteiger partial charge in [0, 0.05) is 41.8 Å². The van der Waals surface area contributed by atoms with E-state index in [0.29, 0.717) is 22.7 Å². The highest BCUT2D eigenvalue weighted by molar-refractivity contribution is 6.05. The second kappa shape index (κ2) is 9.35. The van der Waals surface area contributed by atoms with Gasteiger partial charge in [-0.1, -0.05) is 17.3 Å². The lowest BCUT2D eigenvalue weighted by atomic mass is 10.1. The van der Waals surface area contributed by atoms with Crippen molar-refractivity contribution in [3.8, 4) is 22.7 Å². The minimum absolute atomic E-state index is 0.141. The summed E-state index contributed by atoms with van der Waals surface area (Å²) in [6, 6.07) is 15.4. The number of benzene rings is 2. The largest absolute Gasteiger partial charge is 0.495 e. The Morgan fingerprint density at radius 3 is 2.74 bits per heavy atom. The zero-order valence-electron chi connectivity index (χ0n) is 19.2. The first-order valence-electron chi connectivity index (χ1n) is 11.3. The summed E-state index contributed by atoms with van der Waals surface area (Å²) in [6.45, 7) is 4.07. The monoisotopic (exact) mass is 454 g/mol. The summed E-state index contributed by atoms with van der Waals surface area (Å²) in [7, 11) is 1.60. The predicted octanol–water partition coefficient (Wildman–Crippen LogP) is 4.50. The second-order valence-corrected chi connectivity index (χ2v) is 8.36. The van der Waals surface area contributed by atoms with Gasteiger partial charge >= 0.3 is 0 Å². The maximum absolute atomic E-state index is 13.0. The van der Waals surface area contributed by atoms with Crippen LogP contribution in [0.25, 0.3) is 16.9 Å². The molecule has 0 radical (unpaired) electrons. The third kappa shape index (κ3) is 4.47. The van der Waals surface area contributed by atoms with E-state index in [1.807, 2.05) is 55.6 Å². The molecule has 1 aliphatic heterocycles. The third-order valence-electron chi connectivity index (χ3n) is 6.03. The zero-order chi connectivity index (χ0) is 23.5. The van der Waals surface area contributed by atoms with Crippen molar-refractivity contribution in [1.82, 2.24) is 20.0 Å². The van der Waals surface area contributed by atoms with Crippen LogP contribution in [0.2, 0.25) is 0 Å². The topological polar surface area (TPSA) is 85.2 Å². The molecular weight excluding hydrogens is 428 g/mol. The number of aromatic nitrogens is 4. The first-order valence-corrected chi connectivity index (χ1v) is 11.3. The first-order chi connectivity index (χ1) is 16.6. The van der Waals surface area contributed by atoms with E-state index < -0.39 is 0 Å². The van der Waals surface area contributed by atoms with Crippen LogP contribution in [0.1, 0.15) is 28.8 Å². The molecule has 1 saturated heterocycles. The van der Waals surface area contributed by atoms with Crippen LogP contribution in [0.4, 0.5) is 11.4 Å². The van der Waals surface area contributed by atoms with E-state index in [0.717, 1.165) is 35.6 Å². The third-order valence-corrected chi connectivity index (χ3v) is 6.03. The number of nitrogens with zero attached hydrogens (tertiary/aromatic N) is 5. The number of anilines is 2. The van der Waals surface area contributed by atoms with Gasteiger partial charge in [0.15, 0.2) is 0 Å². The number of hydrogen-bond donors (Lipinski definition) is 1. The maximum Gasteiger partial charge on any atom is 0.255 e. The van der Waals surface area contributed by atoms with Gasteiger partial charge in [-0.05, 0) is 61.7 Å². The molecule has 8 heteroatoms. The minimum Gasteiger partial charge on any atom is -0.495 e. The molecular formula is C26H26N6O2. The van der Waals surface area contributed by atoms with Gasteiger partial charge in [-0.15, -0.1) is 5.10 Å². The molecule has 5 rings (SSSR count). The number of aryl methyl sites for hydroxylation is 1. The van der Waals surface area contributed by atoms with Crippen molar-refractivity contribution in [3.63, 3.8) is 0 Å². The summed E-state index contributed by atoms with van der Waals surface area (Å²) < 4.78 is 6.95. The van der Waals surface area contributed by atoms with Crippen molar-refractivity contribution in [2.75, 3.05) is 30.4 Å². The van der Waals surface area contributed by atoms with Crippen LogP contribution in [0.3, 0.4) is 0 Å². The Kier molecular flexibility index (Phi) is 5.95. The smallest absolute Gasteiger partial charge is 0.255 e. The Morgan fingerprint density at radius 1 is 1.06 bits per heavy atom. The van der Waals surface area contributed by atoms with E-state index in [2.05, 4.69) is 31.6 Å². The summed E-state index contributed by atoms with van der Waals surface area (Å²) in [4.78, 5) is 19.5. The fraction of sp³-hybridized carbons (Fsp3) is 0.231. The molecule has 4 aromatic rings. The number of pyridine rings is 1. The van der Waals surface area contributed by atoms with Gasteiger partial charge in [-0.25, -0.2) is 4.68 Å². The number of carbonyl (C=O) groups is 1. The van der Waals surface area contributed by atoms with Gasteiger partial charge in [-0.3, -0.25) is 9.78 Å².